The van der Waals surface area contributed by atoms with Crippen LogP contribution < -0.4 is 11.3 Å². The van der Waals surface area contributed by atoms with Crippen LogP contribution in [0.15, 0.2) is 47.3 Å². The maximum atomic E-state index is 12.3. The van der Waals surface area contributed by atoms with Gasteiger partial charge in [0.15, 0.2) is 0 Å². The van der Waals surface area contributed by atoms with Crippen molar-refractivity contribution in [2.45, 2.75) is 39.2 Å². The van der Waals surface area contributed by atoms with Crippen LogP contribution >= 0.6 is 0 Å². The van der Waals surface area contributed by atoms with Gasteiger partial charge in [-0.15, -0.1) is 0 Å². The Hall–Kier alpha value is -2.90. The molecule has 0 spiro atoms. The van der Waals surface area contributed by atoms with Crippen LogP contribution in [-0.4, -0.2) is 4.98 Å². The molecule has 0 bridgehead atoms. The number of pyridine rings is 1. The van der Waals surface area contributed by atoms with Crippen LogP contribution in [0, 0.1) is 18.3 Å². The van der Waals surface area contributed by atoms with Crippen LogP contribution in [0.5, 0.6) is 0 Å². The predicted molar refractivity (Wildman–Crippen MR) is 105 cm³/mol. The fourth-order valence-corrected chi connectivity index (χ4v) is 3.56. The molecule has 132 valence electrons. The van der Waals surface area contributed by atoms with Crippen molar-refractivity contribution >= 4 is 10.9 Å². The number of aromatic amines is 1. The summed E-state index contributed by atoms with van der Waals surface area (Å²) in [7, 11) is 0. The lowest BCUT2D eigenvalue weighted by molar-refractivity contribution is 0.492. The molecule has 0 aliphatic carbocycles. The van der Waals surface area contributed by atoms with Gasteiger partial charge in [0.2, 0.25) is 0 Å². The Kier molecular flexibility index (Phi) is 4.67. The summed E-state index contributed by atoms with van der Waals surface area (Å²) in [6, 6.07) is 15.7. The van der Waals surface area contributed by atoms with Gasteiger partial charge in [0.25, 0.3) is 5.56 Å². The monoisotopic (exact) mass is 345 g/mol. The predicted octanol–water partition coefficient (Wildman–Crippen LogP) is 3.69. The molecular formula is C22H23N3O. The molecule has 0 aliphatic rings. The summed E-state index contributed by atoms with van der Waals surface area (Å²) in [5.41, 5.74) is 11.2. The maximum absolute atomic E-state index is 12.3. The van der Waals surface area contributed by atoms with Crippen molar-refractivity contribution in [1.29, 1.82) is 5.26 Å². The van der Waals surface area contributed by atoms with E-state index < -0.39 is 5.54 Å². The first kappa shape index (κ1) is 17.9. The third kappa shape index (κ3) is 3.26. The number of aromatic nitrogens is 1. The Morgan fingerprint density at radius 1 is 1.23 bits per heavy atom. The Bertz CT molecular complexity index is 1070. The van der Waals surface area contributed by atoms with E-state index in [1.54, 1.807) is 6.07 Å². The summed E-state index contributed by atoms with van der Waals surface area (Å²) in [5, 5.41) is 10.1. The molecule has 0 amide bonds. The van der Waals surface area contributed by atoms with Crippen LogP contribution in [0.3, 0.4) is 0 Å². The van der Waals surface area contributed by atoms with E-state index >= 15 is 0 Å². The molecule has 1 unspecified atom stereocenters. The average molecular weight is 345 g/mol. The number of hydrogen-bond donors (Lipinski definition) is 2. The molecule has 2 aromatic carbocycles. The van der Waals surface area contributed by atoms with Gasteiger partial charge in [-0.25, -0.2) is 0 Å². The van der Waals surface area contributed by atoms with E-state index in [2.05, 4.69) is 11.1 Å². The van der Waals surface area contributed by atoms with E-state index in [1.807, 2.05) is 57.2 Å². The number of nitrogens with one attached hydrogen (secondary N) is 1. The fourth-order valence-electron chi connectivity index (χ4n) is 3.56. The SMILES string of the molecule is CCc1c(C)c2ccc(C(C)(N)Cc3cccc(C#N)c3)cc2[nH]c1=O. The number of nitrogens with two attached hydrogens (primary N) is 1. The molecule has 3 N–H and O–H groups in total. The molecule has 0 fully saturated rings. The van der Waals surface area contributed by atoms with E-state index in [1.165, 1.54) is 0 Å². The molecule has 3 rings (SSSR count). The number of fused-ring (bicyclic) bond motifs is 1. The third-order valence-corrected chi connectivity index (χ3v) is 5.04. The van der Waals surface area contributed by atoms with Gasteiger partial charge >= 0.3 is 0 Å². The fraction of sp³-hybridized carbons (Fsp3) is 0.273. The quantitative estimate of drug-likeness (QED) is 0.756. The van der Waals surface area contributed by atoms with Crippen molar-refractivity contribution in [1.82, 2.24) is 4.98 Å². The largest absolute Gasteiger partial charge is 0.322 e. The number of nitrogens with zero attached hydrogens (tertiary/aromatic N) is 1. The van der Waals surface area contributed by atoms with Gasteiger partial charge < -0.3 is 10.7 Å². The minimum absolute atomic E-state index is 0.0323. The van der Waals surface area contributed by atoms with Crippen molar-refractivity contribution in [3.05, 3.63) is 80.6 Å². The highest BCUT2D eigenvalue weighted by atomic mass is 16.1. The van der Waals surface area contributed by atoms with Crippen molar-refractivity contribution in [3.63, 3.8) is 0 Å². The lowest BCUT2D eigenvalue weighted by Crippen LogP contribution is -2.35. The standard InChI is InChI=1S/C22H23N3O/c1-4-18-14(2)19-9-8-17(11-20(19)25-21(18)26)22(3,24)12-15-6-5-7-16(10-15)13-23/h5-11H,4,12,24H2,1-3H3,(H,25,26). The van der Waals surface area contributed by atoms with E-state index in [4.69, 9.17) is 11.0 Å². The zero-order chi connectivity index (χ0) is 18.9. The Balaban J connectivity index is 2.03. The summed E-state index contributed by atoms with van der Waals surface area (Å²) in [6.45, 7) is 5.95. The summed E-state index contributed by atoms with van der Waals surface area (Å²) < 4.78 is 0. The molecule has 1 heterocycles. The van der Waals surface area contributed by atoms with Crippen LogP contribution in [0.4, 0.5) is 0 Å². The maximum Gasteiger partial charge on any atom is 0.251 e. The summed E-state index contributed by atoms with van der Waals surface area (Å²) in [6.07, 6.45) is 1.31. The third-order valence-electron chi connectivity index (χ3n) is 5.04. The second-order valence-corrected chi connectivity index (χ2v) is 7.08. The highest BCUT2D eigenvalue weighted by molar-refractivity contribution is 5.83. The van der Waals surface area contributed by atoms with Gasteiger partial charge in [-0.2, -0.15) is 5.26 Å². The van der Waals surface area contributed by atoms with Crippen LogP contribution in [-0.2, 0) is 18.4 Å². The number of rotatable bonds is 4. The minimum atomic E-state index is -0.615. The molecule has 1 atom stereocenters. The molecule has 0 aliphatic heterocycles. The lowest BCUT2D eigenvalue weighted by atomic mass is 9.85. The number of H-pyrrole nitrogens is 1. The number of benzene rings is 2. The zero-order valence-corrected chi connectivity index (χ0v) is 15.4. The van der Waals surface area contributed by atoms with E-state index in [-0.39, 0.29) is 5.56 Å². The average Bonchev–Trinajstić information content (AvgIpc) is 2.61. The Morgan fingerprint density at radius 2 is 2.00 bits per heavy atom. The van der Waals surface area contributed by atoms with E-state index in [0.717, 1.165) is 33.2 Å². The van der Waals surface area contributed by atoms with Gasteiger partial charge in [-0.05, 0) is 61.6 Å². The second kappa shape index (κ2) is 6.78. The molecule has 0 radical (unpaired) electrons. The molecule has 4 heteroatoms. The van der Waals surface area contributed by atoms with E-state index in [9.17, 15) is 4.79 Å². The van der Waals surface area contributed by atoms with Crippen molar-refractivity contribution < 1.29 is 0 Å². The van der Waals surface area contributed by atoms with Gasteiger partial charge in [0.05, 0.1) is 11.6 Å². The number of hydrogen-bond acceptors (Lipinski definition) is 3. The van der Waals surface area contributed by atoms with Crippen molar-refractivity contribution in [2.24, 2.45) is 5.73 Å². The number of nitriles is 1. The molecule has 26 heavy (non-hydrogen) atoms. The minimum Gasteiger partial charge on any atom is -0.322 e. The Labute approximate surface area is 153 Å². The van der Waals surface area contributed by atoms with Crippen LogP contribution in [0.2, 0.25) is 0 Å². The molecular weight excluding hydrogens is 322 g/mol. The lowest BCUT2D eigenvalue weighted by Gasteiger charge is -2.26. The molecule has 0 saturated heterocycles. The smallest absolute Gasteiger partial charge is 0.251 e. The summed E-state index contributed by atoms with van der Waals surface area (Å²) >= 11 is 0. The first-order valence-corrected chi connectivity index (χ1v) is 8.79. The van der Waals surface area contributed by atoms with Crippen LogP contribution in [0.1, 0.15) is 41.7 Å². The molecule has 0 saturated carbocycles. The van der Waals surface area contributed by atoms with Crippen molar-refractivity contribution in [2.75, 3.05) is 0 Å². The van der Waals surface area contributed by atoms with Gasteiger partial charge in [0, 0.05) is 22.0 Å². The van der Waals surface area contributed by atoms with Crippen molar-refractivity contribution in [3.8, 4) is 6.07 Å². The van der Waals surface area contributed by atoms with Gasteiger partial charge in [-0.3, -0.25) is 4.79 Å². The van der Waals surface area contributed by atoms with Gasteiger partial charge in [0.1, 0.15) is 0 Å². The zero-order valence-electron chi connectivity index (χ0n) is 15.4. The normalized spacial score (nSPS) is 13.3. The topological polar surface area (TPSA) is 82.7 Å². The Morgan fingerprint density at radius 3 is 2.69 bits per heavy atom. The molecule has 4 nitrogen and oxygen atoms in total. The molecule has 1 aromatic heterocycles. The highest BCUT2D eigenvalue weighted by Gasteiger charge is 2.23. The van der Waals surface area contributed by atoms with Gasteiger partial charge in [-0.1, -0.05) is 31.2 Å². The first-order valence-electron chi connectivity index (χ1n) is 8.79. The van der Waals surface area contributed by atoms with Crippen LogP contribution in [0.25, 0.3) is 10.9 Å². The second-order valence-electron chi connectivity index (χ2n) is 7.08. The molecule has 3 aromatic rings. The summed E-state index contributed by atoms with van der Waals surface area (Å²) in [4.78, 5) is 15.3. The summed E-state index contributed by atoms with van der Waals surface area (Å²) in [5.74, 6) is 0. The highest BCUT2D eigenvalue weighted by Crippen LogP contribution is 2.27. The van der Waals surface area contributed by atoms with E-state index in [0.29, 0.717) is 18.4 Å². The number of aryl methyl sites for hydroxylation is 1. The first-order chi connectivity index (χ1) is 12.4.